The normalized spacial score (nSPS) is 24.0. The number of rotatable bonds is 5. The predicted molar refractivity (Wildman–Crippen MR) is 105 cm³/mol. The Morgan fingerprint density at radius 1 is 1.04 bits per heavy atom. The highest BCUT2D eigenvalue weighted by atomic mass is 19.3. The second kappa shape index (κ2) is 8.18. The van der Waals surface area contributed by atoms with Crippen LogP contribution in [0.15, 0.2) is 36.4 Å². The van der Waals surface area contributed by atoms with E-state index in [1.54, 1.807) is 12.1 Å². The van der Waals surface area contributed by atoms with Gasteiger partial charge in [0.1, 0.15) is 11.6 Å². The van der Waals surface area contributed by atoms with E-state index >= 15 is 4.39 Å². The summed E-state index contributed by atoms with van der Waals surface area (Å²) in [5, 5.41) is 0. The summed E-state index contributed by atoms with van der Waals surface area (Å²) in [4.78, 5) is 0. The highest BCUT2D eigenvalue weighted by Crippen LogP contribution is 2.49. The van der Waals surface area contributed by atoms with Crippen LogP contribution in [0, 0.1) is 17.7 Å². The Kier molecular flexibility index (Phi) is 5.65. The van der Waals surface area contributed by atoms with Crippen molar-refractivity contribution < 1.29 is 17.9 Å². The average molecular weight is 388 g/mol. The molecule has 2 aromatic rings. The minimum atomic E-state index is -2.85. The van der Waals surface area contributed by atoms with Crippen molar-refractivity contribution in [1.82, 2.24) is 0 Å². The number of fused-ring (bicyclic) bond motifs is 3. The topological polar surface area (TPSA) is 9.23 Å². The van der Waals surface area contributed by atoms with Crippen LogP contribution in [0.25, 0.3) is 11.1 Å². The van der Waals surface area contributed by atoms with E-state index in [1.807, 2.05) is 6.07 Å². The first-order chi connectivity index (χ1) is 13.6. The first-order valence-electron chi connectivity index (χ1n) is 10.4. The Balaban J connectivity index is 1.58. The molecule has 0 bridgehead atoms. The van der Waals surface area contributed by atoms with Crippen LogP contribution in [-0.4, -0.2) is 6.61 Å². The van der Waals surface area contributed by atoms with Gasteiger partial charge in [0.05, 0.1) is 0 Å². The standard InChI is InChI=1S/C24H27F3O/c1-2-3-15-4-10-19-17(14-15)7-11-22-21(19)13-12-20(23(22)25)16-5-8-18(9-6-16)28-24(26)27/h5-6,8-9,12-13,15,17,19,24H,2-4,7,10-11,14H2,1H3/t15-,17-,19+/m1/s1. The number of benzene rings is 2. The van der Waals surface area contributed by atoms with Gasteiger partial charge in [-0.15, -0.1) is 0 Å². The average Bonchev–Trinajstić information content (AvgIpc) is 2.68. The lowest BCUT2D eigenvalue weighted by Gasteiger charge is -2.41. The molecule has 2 aliphatic carbocycles. The molecule has 0 spiro atoms. The Hall–Kier alpha value is -1.97. The Morgan fingerprint density at radius 3 is 2.54 bits per heavy atom. The molecule has 0 aliphatic heterocycles. The van der Waals surface area contributed by atoms with Gasteiger partial charge >= 0.3 is 6.61 Å². The fraction of sp³-hybridized carbons (Fsp3) is 0.500. The van der Waals surface area contributed by atoms with Crippen molar-refractivity contribution in [3.05, 3.63) is 53.3 Å². The number of hydrogen-bond acceptors (Lipinski definition) is 1. The van der Waals surface area contributed by atoms with Crippen molar-refractivity contribution in [2.45, 2.75) is 64.4 Å². The molecule has 1 nitrogen and oxygen atoms in total. The second-order valence-electron chi connectivity index (χ2n) is 8.27. The van der Waals surface area contributed by atoms with Crippen LogP contribution in [0.5, 0.6) is 5.75 Å². The fourth-order valence-electron chi connectivity index (χ4n) is 5.37. The van der Waals surface area contributed by atoms with Crippen LogP contribution >= 0.6 is 0 Å². The van der Waals surface area contributed by atoms with Gasteiger partial charge in [-0.2, -0.15) is 8.78 Å². The molecule has 0 heterocycles. The highest BCUT2D eigenvalue weighted by Gasteiger charge is 2.36. The molecule has 0 N–H and O–H groups in total. The fourth-order valence-corrected chi connectivity index (χ4v) is 5.37. The molecule has 0 unspecified atom stereocenters. The van der Waals surface area contributed by atoms with Gasteiger partial charge in [-0.25, -0.2) is 4.39 Å². The summed E-state index contributed by atoms with van der Waals surface area (Å²) in [5.74, 6) is 1.96. The van der Waals surface area contributed by atoms with Gasteiger partial charge in [0, 0.05) is 5.56 Å². The van der Waals surface area contributed by atoms with E-state index in [2.05, 4.69) is 17.7 Å². The van der Waals surface area contributed by atoms with E-state index in [0.717, 1.165) is 24.3 Å². The summed E-state index contributed by atoms with van der Waals surface area (Å²) in [7, 11) is 0. The largest absolute Gasteiger partial charge is 0.435 e. The summed E-state index contributed by atoms with van der Waals surface area (Å²) in [6.07, 6.45) is 8.13. The minimum absolute atomic E-state index is 0.0869. The zero-order valence-electron chi connectivity index (χ0n) is 16.3. The van der Waals surface area contributed by atoms with Crippen LogP contribution in [0.3, 0.4) is 0 Å². The maximum atomic E-state index is 15.4. The molecule has 0 saturated heterocycles. The number of hydrogen-bond donors (Lipinski definition) is 0. The summed E-state index contributed by atoms with van der Waals surface area (Å²) >= 11 is 0. The molecule has 0 radical (unpaired) electrons. The van der Waals surface area contributed by atoms with E-state index in [9.17, 15) is 8.78 Å². The van der Waals surface area contributed by atoms with E-state index in [1.165, 1.54) is 49.8 Å². The molecule has 0 aromatic heterocycles. The molecule has 4 heteroatoms. The monoisotopic (exact) mass is 388 g/mol. The summed E-state index contributed by atoms with van der Waals surface area (Å²) in [6.45, 7) is -0.600. The van der Waals surface area contributed by atoms with Gasteiger partial charge in [0.2, 0.25) is 0 Å². The molecule has 1 saturated carbocycles. The van der Waals surface area contributed by atoms with Crippen LogP contribution in [0.4, 0.5) is 13.2 Å². The molecular formula is C24H27F3O. The molecule has 4 rings (SSSR count). The van der Waals surface area contributed by atoms with Crippen LogP contribution in [-0.2, 0) is 6.42 Å². The second-order valence-corrected chi connectivity index (χ2v) is 8.27. The van der Waals surface area contributed by atoms with E-state index in [4.69, 9.17) is 0 Å². The quantitative estimate of drug-likeness (QED) is 0.521. The van der Waals surface area contributed by atoms with Gasteiger partial charge in [-0.05, 0) is 78.7 Å². The number of alkyl halides is 2. The van der Waals surface area contributed by atoms with Crippen LogP contribution < -0.4 is 4.74 Å². The van der Waals surface area contributed by atoms with Crippen molar-refractivity contribution in [3.8, 4) is 16.9 Å². The Morgan fingerprint density at radius 2 is 1.82 bits per heavy atom. The summed E-state index contributed by atoms with van der Waals surface area (Å²) in [5.41, 5.74) is 3.29. The lowest BCUT2D eigenvalue weighted by molar-refractivity contribution is -0.0498. The third-order valence-electron chi connectivity index (χ3n) is 6.62. The maximum absolute atomic E-state index is 15.4. The third kappa shape index (κ3) is 3.78. The maximum Gasteiger partial charge on any atom is 0.387 e. The van der Waals surface area contributed by atoms with Crippen LogP contribution in [0.2, 0.25) is 0 Å². The first-order valence-corrected chi connectivity index (χ1v) is 10.4. The molecule has 2 aliphatic rings. The molecule has 1 fully saturated rings. The Labute approximate surface area is 164 Å². The molecule has 3 atom stereocenters. The summed E-state index contributed by atoms with van der Waals surface area (Å²) < 4.78 is 44.4. The predicted octanol–water partition coefficient (Wildman–Crippen LogP) is 7.34. The van der Waals surface area contributed by atoms with Gasteiger partial charge in [0.25, 0.3) is 0 Å². The Bertz CT molecular complexity index is 815. The lowest BCUT2D eigenvalue weighted by atomic mass is 9.64. The zero-order valence-corrected chi connectivity index (χ0v) is 16.3. The van der Waals surface area contributed by atoms with Gasteiger partial charge < -0.3 is 4.74 Å². The third-order valence-corrected chi connectivity index (χ3v) is 6.62. The van der Waals surface area contributed by atoms with Crippen LogP contribution in [0.1, 0.15) is 62.5 Å². The van der Waals surface area contributed by atoms with Crippen molar-refractivity contribution in [2.75, 3.05) is 0 Å². The van der Waals surface area contributed by atoms with E-state index < -0.39 is 6.61 Å². The number of ether oxygens (including phenoxy) is 1. The zero-order chi connectivity index (χ0) is 19.7. The van der Waals surface area contributed by atoms with Crippen molar-refractivity contribution in [2.24, 2.45) is 11.8 Å². The van der Waals surface area contributed by atoms with Crippen molar-refractivity contribution in [1.29, 1.82) is 0 Å². The van der Waals surface area contributed by atoms with E-state index in [-0.39, 0.29) is 11.6 Å². The minimum Gasteiger partial charge on any atom is -0.435 e. The molecular weight excluding hydrogens is 361 g/mol. The lowest BCUT2D eigenvalue weighted by Crippen LogP contribution is -2.28. The molecule has 0 amide bonds. The van der Waals surface area contributed by atoms with Gasteiger partial charge in [-0.1, -0.05) is 44.0 Å². The first kappa shape index (κ1) is 19.4. The van der Waals surface area contributed by atoms with Gasteiger partial charge in [-0.3, -0.25) is 0 Å². The molecule has 150 valence electrons. The van der Waals surface area contributed by atoms with Gasteiger partial charge in [0.15, 0.2) is 0 Å². The summed E-state index contributed by atoms with van der Waals surface area (Å²) in [6, 6.07) is 10.2. The molecule has 28 heavy (non-hydrogen) atoms. The smallest absolute Gasteiger partial charge is 0.387 e. The molecule has 2 aromatic carbocycles. The van der Waals surface area contributed by atoms with Crippen molar-refractivity contribution in [3.63, 3.8) is 0 Å². The number of halogens is 3. The van der Waals surface area contributed by atoms with Crippen molar-refractivity contribution >= 4 is 0 Å². The van der Waals surface area contributed by atoms with E-state index in [0.29, 0.717) is 23.0 Å². The SMILES string of the molecule is CCC[C@@H]1CC[C@@H]2c3ccc(-c4ccc(OC(F)F)cc4)c(F)c3CC[C@@H]2C1. The highest BCUT2D eigenvalue weighted by molar-refractivity contribution is 5.67.